The number of non-ortho nitro benzene ring substituents is 1. The van der Waals surface area contributed by atoms with Crippen LogP contribution in [0.2, 0.25) is 5.02 Å². The molecule has 1 aromatic carbocycles. The third kappa shape index (κ3) is 4.77. The molecule has 1 saturated carbocycles. The second-order valence-corrected chi connectivity index (χ2v) is 7.69. The Morgan fingerprint density at radius 3 is 2.37 bits per heavy atom. The number of amides is 2. The van der Waals surface area contributed by atoms with Crippen molar-refractivity contribution in [2.24, 2.45) is 5.92 Å². The minimum absolute atomic E-state index is 0.131. The highest BCUT2D eigenvalue weighted by Crippen LogP contribution is 2.29. The Hall–Kier alpha value is -2.15. The molecule has 2 fully saturated rings. The number of hydrogen-bond donors (Lipinski definition) is 0. The molecular formula is C19H24ClN3O4. The standard InChI is InChI=1S/C19H24ClN3O4/c20-17-7-6-15(23(26)27)13-16(17)19(25)22-11-9-21(10-12-22)18(24)8-5-14-3-1-2-4-14/h6-7,13-14H,1-5,8-12H2. The van der Waals surface area contributed by atoms with Crippen molar-refractivity contribution in [1.29, 1.82) is 0 Å². The van der Waals surface area contributed by atoms with Crippen LogP contribution in [-0.4, -0.2) is 52.7 Å². The zero-order chi connectivity index (χ0) is 19.4. The van der Waals surface area contributed by atoms with Gasteiger partial charge in [-0.15, -0.1) is 0 Å². The van der Waals surface area contributed by atoms with Crippen LogP contribution in [0.25, 0.3) is 0 Å². The maximum absolute atomic E-state index is 12.7. The first-order valence-electron chi connectivity index (χ1n) is 9.46. The third-order valence-corrected chi connectivity index (χ3v) is 5.88. The summed E-state index contributed by atoms with van der Waals surface area (Å²) in [6.45, 7) is 1.80. The molecule has 1 aliphatic carbocycles. The maximum atomic E-state index is 12.7. The molecule has 8 heteroatoms. The van der Waals surface area contributed by atoms with Gasteiger partial charge >= 0.3 is 0 Å². The number of halogens is 1. The van der Waals surface area contributed by atoms with Gasteiger partial charge in [0.2, 0.25) is 5.91 Å². The van der Waals surface area contributed by atoms with Crippen molar-refractivity contribution >= 4 is 29.1 Å². The fourth-order valence-electron chi connectivity index (χ4n) is 3.90. The number of benzene rings is 1. The molecule has 7 nitrogen and oxygen atoms in total. The number of hydrogen-bond acceptors (Lipinski definition) is 4. The minimum atomic E-state index is -0.548. The highest BCUT2D eigenvalue weighted by atomic mass is 35.5. The highest BCUT2D eigenvalue weighted by molar-refractivity contribution is 6.33. The second-order valence-electron chi connectivity index (χ2n) is 7.28. The molecule has 0 radical (unpaired) electrons. The number of nitrogens with zero attached hydrogens (tertiary/aromatic N) is 3. The van der Waals surface area contributed by atoms with Gasteiger partial charge in [0.05, 0.1) is 15.5 Å². The molecule has 1 saturated heterocycles. The van der Waals surface area contributed by atoms with Crippen molar-refractivity contribution < 1.29 is 14.5 Å². The zero-order valence-electron chi connectivity index (χ0n) is 15.2. The molecule has 0 N–H and O–H groups in total. The molecule has 0 spiro atoms. The summed E-state index contributed by atoms with van der Waals surface area (Å²) < 4.78 is 0. The summed E-state index contributed by atoms with van der Waals surface area (Å²) in [6, 6.07) is 3.86. The fraction of sp³-hybridized carbons (Fsp3) is 0.579. The van der Waals surface area contributed by atoms with E-state index in [0.717, 1.165) is 6.42 Å². The molecule has 3 rings (SSSR count). The van der Waals surface area contributed by atoms with Crippen LogP contribution in [0, 0.1) is 16.0 Å². The van der Waals surface area contributed by atoms with Crippen molar-refractivity contribution in [2.45, 2.75) is 38.5 Å². The Kier molecular flexibility index (Phi) is 6.31. The Morgan fingerprint density at radius 1 is 1.11 bits per heavy atom. The normalized spacial score (nSPS) is 18.0. The minimum Gasteiger partial charge on any atom is -0.339 e. The molecule has 1 aromatic rings. The van der Waals surface area contributed by atoms with Crippen molar-refractivity contribution in [1.82, 2.24) is 9.80 Å². The van der Waals surface area contributed by atoms with Crippen LogP contribution in [0.3, 0.4) is 0 Å². The van der Waals surface area contributed by atoms with E-state index >= 15 is 0 Å². The summed E-state index contributed by atoms with van der Waals surface area (Å²) in [6.07, 6.45) is 6.56. The summed E-state index contributed by atoms with van der Waals surface area (Å²) in [5, 5.41) is 11.1. The van der Waals surface area contributed by atoms with E-state index in [1.54, 1.807) is 4.90 Å². The molecule has 146 valence electrons. The van der Waals surface area contributed by atoms with Gasteiger partial charge in [-0.3, -0.25) is 19.7 Å². The lowest BCUT2D eigenvalue weighted by Crippen LogP contribution is -2.50. The first-order valence-corrected chi connectivity index (χ1v) is 9.84. The predicted octanol–water partition coefficient (Wildman–Crippen LogP) is 3.50. The zero-order valence-corrected chi connectivity index (χ0v) is 16.0. The third-order valence-electron chi connectivity index (χ3n) is 5.55. The molecule has 1 aliphatic heterocycles. The van der Waals surface area contributed by atoms with Crippen LogP contribution in [-0.2, 0) is 4.79 Å². The van der Waals surface area contributed by atoms with Gasteiger partial charge in [-0.1, -0.05) is 37.3 Å². The van der Waals surface area contributed by atoms with Crippen LogP contribution in [0.1, 0.15) is 48.9 Å². The van der Waals surface area contributed by atoms with E-state index in [0.29, 0.717) is 38.5 Å². The number of nitro benzene ring substituents is 1. The largest absolute Gasteiger partial charge is 0.339 e. The summed E-state index contributed by atoms with van der Waals surface area (Å²) >= 11 is 6.06. The van der Waals surface area contributed by atoms with Gasteiger partial charge in [-0.05, 0) is 18.4 Å². The van der Waals surface area contributed by atoms with Crippen molar-refractivity contribution in [3.8, 4) is 0 Å². The van der Waals surface area contributed by atoms with Gasteiger partial charge in [-0.25, -0.2) is 0 Å². The van der Waals surface area contributed by atoms with Crippen LogP contribution < -0.4 is 0 Å². The van der Waals surface area contributed by atoms with Gasteiger partial charge < -0.3 is 9.80 Å². The van der Waals surface area contributed by atoms with Crippen molar-refractivity contribution in [3.05, 3.63) is 38.9 Å². The molecule has 27 heavy (non-hydrogen) atoms. The van der Waals surface area contributed by atoms with Crippen molar-refractivity contribution in [3.63, 3.8) is 0 Å². The lowest BCUT2D eigenvalue weighted by Gasteiger charge is -2.35. The monoisotopic (exact) mass is 393 g/mol. The van der Waals surface area contributed by atoms with Crippen LogP contribution >= 0.6 is 11.6 Å². The summed E-state index contributed by atoms with van der Waals surface area (Å²) in [7, 11) is 0. The first-order chi connectivity index (χ1) is 13.0. The van der Waals surface area contributed by atoms with E-state index in [-0.39, 0.29) is 28.1 Å². The number of nitro groups is 1. The summed E-state index contributed by atoms with van der Waals surface area (Å²) in [5.74, 6) is 0.511. The number of piperazine rings is 1. The average molecular weight is 394 g/mol. The summed E-state index contributed by atoms with van der Waals surface area (Å²) in [5.41, 5.74) is -0.0321. The van der Waals surface area contributed by atoms with E-state index < -0.39 is 4.92 Å². The number of rotatable bonds is 5. The Labute approximate surface area is 163 Å². The molecule has 0 atom stereocenters. The summed E-state index contributed by atoms with van der Waals surface area (Å²) in [4.78, 5) is 38.9. The van der Waals surface area contributed by atoms with E-state index in [2.05, 4.69) is 0 Å². The Morgan fingerprint density at radius 2 is 1.74 bits per heavy atom. The topological polar surface area (TPSA) is 83.8 Å². The molecule has 1 heterocycles. The van der Waals surface area contributed by atoms with Gasteiger partial charge in [0.1, 0.15) is 0 Å². The first kappa shape index (κ1) is 19.6. The highest BCUT2D eigenvalue weighted by Gasteiger charge is 2.27. The SMILES string of the molecule is O=C(CCC1CCCC1)N1CCN(C(=O)c2cc([N+](=O)[O-])ccc2Cl)CC1. The van der Waals surface area contributed by atoms with Gasteiger partial charge in [0.25, 0.3) is 11.6 Å². The average Bonchev–Trinajstić information content (AvgIpc) is 3.19. The van der Waals surface area contributed by atoms with Crippen LogP contribution in [0.5, 0.6) is 0 Å². The van der Waals surface area contributed by atoms with Gasteiger partial charge in [0.15, 0.2) is 0 Å². The number of carbonyl (C=O) groups is 2. The van der Waals surface area contributed by atoms with Crippen LogP contribution in [0.15, 0.2) is 18.2 Å². The van der Waals surface area contributed by atoms with E-state index in [9.17, 15) is 19.7 Å². The molecule has 0 aromatic heterocycles. The van der Waals surface area contributed by atoms with E-state index in [1.165, 1.54) is 43.9 Å². The van der Waals surface area contributed by atoms with Gasteiger partial charge in [-0.2, -0.15) is 0 Å². The number of carbonyl (C=O) groups excluding carboxylic acids is 2. The quantitative estimate of drug-likeness (QED) is 0.566. The van der Waals surface area contributed by atoms with E-state index in [4.69, 9.17) is 11.6 Å². The Balaban J connectivity index is 1.54. The molecule has 0 unspecified atom stereocenters. The maximum Gasteiger partial charge on any atom is 0.270 e. The predicted molar refractivity (Wildman–Crippen MR) is 102 cm³/mol. The van der Waals surface area contributed by atoms with Gasteiger partial charge in [0, 0.05) is 44.7 Å². The Bertz CT molecular complexity index is 726. The fourth-order valence-corrected chi connectivity index (χ4v) is 4.10. The van der Waals surface area contributed by atoms with Crippen LogP contribution in [0.4, 0.5) is 5.69 Å². The molecule has 2 amide bonds. The molecule has 0 bridgehead atoms. The smallest absolute Gasteiger partial charge is 0.270 e. The lowest BCUT2D eigenvalue weighted by atomic mass is 10.0. The van der Waals surface area contributed by atoms with E-state index in [1.807, 2.05) is 4.90 Å². The second kappa shape index (κ2) is 8.69. The molecule has 2 aliphatic rings. The lowest BCUT2D eigenvalue weighted by molar-refractivity contribution is -0.384. The molecular weight excluding hydrogens is 370 g/mol. The van der Waals surface area contributed by atoms with Crippen molar-refractivity contribution in [2.75, 3.05) is 26.2 Å².